The number of hydrogen-bond acceptors (Lipinski definition) is 5. The first kappa shape index (κ1) is 22.3. The van der Waals surface area contributed by atoms with E-state index in [0.29, 0.717) is 18.4 Å². The molecule has 4 aromatic rings. The van der Waals surface area contributed by atoms with Gasteiger partial charge in [-0.2, -0.15) is 0 Å². The van der Waals surface area contributed by atoms with E-state index in [0.717, 1.165) is 33.9 Å². The topological polar surface area (TPSA) is 79.3 Å². The molecular formula is C28H26N2O3S. The highest BCUT2D eigenvalue weighted by atomic mass is 32.1. The average molecular weight is 471 g/mol. The number of Topliss-reactive ketones (excluding diaryl/α,β-unsaturated/α-hetero) is 1. The fourth-order valence-corrected chi connectivity index (χ4v) is 5.68. The minimum absolute atomic E-state index is 0.0581. The number of anilines is 2. The van der Waals surface area contributed by atoms with E-state index >= 15 is 0 Å². The summed E-state index contributed by atoms with van der Waals surface area (Å²) in [6.45, 7) is 4.22. The van der Waals surface area contributed by atoms with Crippen LogP contribution in [-0.2, 0) is 4.79 Å². The van der Waals surface area contributed by atoms with Crippen LogP contribution in [-0.4, -0.2) is 21.8 Å². The van der Waals surface area contributed by atoms with Crippen LogP contribution in [0.4, 0.5) is 10.8 Å². The van der Waals surface area contributed by atoms with Gasteiger partial charge in [-0.1, -0.05) is 54.2 Å². The van der Waals surface area contributed by atoms with Crippen molar-refractivity contribution in [1.82, 2.24) is 4.98 Å². The van der Waals surface area contributed by atoms with Gasteiger partial charge in [-0.05, 0) is 73.2 Å². The molecule has 6 heteroatoms. The summed E-state index contributed by atoms with van der Waals surface area (Å²) in [6, 6.07) is 19.9. The standard InChI is InChI=1S/C28H26N2O3S/c1-16-14-24-25(15-17(16)2)34-28(30-24)29-21-12-10-19(11-13-21)18-6-8-20(9-7-18)26(31)22-4-3-5-23(22)27(32)33/h6-15,22-23H,3-5H2,1-2H3,(H,29,30)(H,32,33). The zero-order valence-corrected chi connectivity index (χ0v) is 20.0. The van der Waals surface area contributed by atoms with Crippen LogP contribution in [0.3, 0.4) is 0 Å². The van der Waals surface area contributed by atoms with Gasteiger partial charge in [0, 0.05) is 17.2 Å². The Hall–Kier alpha value is -3.51. The van der Waals surface area contributed by atoms with E-state index in [1.165, 1.54) is 15.8 Å². The maximum Gasteiger partial charge on any atom is 0.307 e. The molecule has 172 valence electrons. The van der Waals surface area contributed by atoms with Crippen LogP contribution in [0.25, 0.3) is 21.3 Å². The van der Waals surface area contributed by atoms with Crippen LogP contribution in [0.2, 0.25) is 0 Å². The maximum absolute atomic E-state index is 12.9. The highest BCUT2D eigenvalue weighted by Gasteiger charge is 2.37. The second-order valence-electron chi connectivity index (χ2n) is 9.05. The number of aryl methyl sites for hydroxylation is 2. The number of fused-ring (bicyclic) bond motifs is 1. The number of carboxylic acid groups (broad SMARTS) is 1. The highest BCUT2D eigenvalue weighted by molar-refractivity contribution is 7.22. The molecule has 0 bridgehead atoms. The first-order valence-corrected chi connectivity index (χ1v) is 12.3. The molecular weight excluding hydrogens is 444 g/mol. The maximum atomic E-state index is 12.9. The fraction of sp³-hybridized carbons (Fsp3) is 0.250. The predicted molar refractivity (Wildman–Crippen MR) is 137 cm³/mol. The summed E-state index contributed by atoms with van der Waals surface area (Å²) in [5, 5.41) is 13.6. The lowest BCUT2D eigenvalue weighted by molar-refractivity contribution is -0.142. The highest BCUT2D eigenvalue weighted by Crippen LogP contribution is 2.35. The van der Waals surface area contributed by atoms with Crippen molar-refractivity contribution in [3.05, 3.63) is 77.4 Å². The molecule has 1 saturated carbocycles. The zero-order valence-electron chi connectivity index (χ0n) is 19.2. The van der Waals surface area contributed by atoms with Gasteiger partial charge in [-0.3, -0.25) is 9.59 Å². The molecule has 0 amide bonds. The molecule has 1 fully saturated rings. The van der Waals surface area contributed by atoms with E-state index < -0.39 is 17.8 Å². The summed E-state index contributed by atoms with van der Waals surface area (Å²) >= 11 is 1.64. The normalized spacial score (nSPS) is 17.7. The van der Waals surface area contributed by atoms with Gasteiger partial charge < -0.3 is 10.4 Å². The van der Waals surface area contributed by atoms with Crippen molar-refractivity contribution in [3.8, 4) is 11.1 Å². The number of carbonyl (C=O) groups is 2. The Morgan fingerprint density at radius 3 is 2.21 bits per heavy atom. The Morgan fingerprint density at radius 1 is 0.912 bits per heavy atom. The number of nitrogens with one attached hydrogen (secondary N) is 1. The van der Waals surface area contributed by atoms with Crippen molar-refractivity contribution in [1.29, 1.82) is 0 Å². The van der Waals surface area contributed by atoms with Gasteiger partial charge >= 0.3 is 5.97 Å². The first-order valence-electron chi connectivity index (χ1n) is 11.5. The molecule has 1 aliphatic rings. The molecule has 1 heterocycles. The predicted octanol–water partition coefficient (Wildman–Crippen LogP) is 7.01. The third kappa shape index (κ3) is 4.33. The molecule has 0 radical (unpaired) electrons. The summed E-state index contributed by atoms with van der Waals surface area (Å²) < 4.78 is 1.17. The molecule has 5 rings (SSSR count). The number of carbonyl (C=O) groups excluding carboxylic acids is 1. The van der Waals surface area contributed by atoms with Crippen LogP contribution < -0.4 is 5.32 Å². The number of rotatable bonds is 6. The molecule has 34 heavy (non-hydrogen) atoms. The van der Waals surface area contributed by atoms with Crippen LogP contribution in [0.1, 0.15) is 40.7 Å². The smallest absolute Gasteiger partial charge is 0.307 e. The summed E-state index contributed by atoms with van der Waals surface area (Å²) in [4.78, 5) is 29.0. The van der Waals surface area contributed by atoms with Crippen molar-refractivity contribution in [2.75, 3.05) is 5.32 Å². The second kappa shape index (κ2) is 9.03. The molecule has 2 unspecified atom stereocenters. The first-order chi connectivity index (χ1) is 16.4. The molecule has 0 spiro atoms. The Kier molecular flexibility index (Phi) is 5.92. The molecule has 2 N–H and O–H groups in total. The van der Waals surface area contributed by atoms with Crippen LogP contribution in [0.5, 0.6) is 0 Å². The van der Waals surface area contributed by atoms with E-state index in [-0.39, 0.29) is 5.78 Å². The zero-order chi connectivity index (χ0) is 23.8. The number of aromatic nitrogens is 1. The van der Waals surface area contributed by atoms with Crippen LogP contribution in [0.15, 0.2) is 60.7 Å². The number of hydrogen-bond donors (Lipinski definition) is 2. The van der Waals surface area contributed by atoms with Crippen LogP contribution >= 0.6 is 11.3 Å². The molecule has 3 aromatic carbocycles. The summed E-state index contributed by atoms with van der Waals surface area (Å²) in [6.07, 6.45) is 2.03. The monoisotopic (exact) mass is 470 g/mol. The van der Waals surface area contributed by atoms with E-state index in [1.54, 1.807) is 11.3 Å². The summed E-state index contributed by atoms with van der Waals surface area (Å²) in [5.74, 6) is -1.89. The molecule has 0 saturated heterocycles. The Morgan fingerprint density at radius 2 is 1.53 bits per heavy atom. The van der Waals surface area contributed by atoms with Crippen LogP contribution in [0, 0.1) is 25.7 Å². The van der Waals surface area contributed by atoms with Gasteiger partial charge in [0.05, 0.1) is 16.1 Å². The van der Waals surface area contributed by atoms with E-state index in [4.69, 9.17) is 4.98 Å². The van der Waals surface area contributed by atoms with Gasteiger partial charge in [0.15, 0.2) is 10.9 Å². The minimum Gasteiger partial charge on any atom is -0.481 e. The number of thiazole rings is 1. The van der Waals surface area contributed by atoms with Gasteiger partial charge in [-0.15, -0.1) is 0 Å². The minimum atomic E-state index is -0.864. The third-order valence-electron chi connectivity index (χ3n) is 6.81. The molecule has 2 atom stereocenters. The van der Waals surface area contributed by atoms with Crippen molar-refractivity contribution in [3.63, 3.8) is 0 Å². The van der Waals surface area contributed by atoms with Gasteiger partial charge in [0.1, 0.15) is 0 Å². The third-order valence-corrected chi connectivity index (χ3v) is 7.75. The lowest BCUT2D eigenvalue weighted by atomic mass is 9.88. The van der Waals surface area contributed by atoms with E-state index in [2.05, 4.69) is 31.3 Å². The number of ketones is 1. The number of benzene rings is 3. The van der Waals surface area contributed by atoms with Gasteiger partial charge in [0.25, 0.3) is 0 Å². The Bertz CT molecular complexity index is 1330. The largest absolute Gasteiger partial charge is 0.481 e. The van der Waals surface area contributed by atoms with Crippen molar-refractivity contribution >= 4 is 44.1 Å². The number of carboxylic acids is 1. The molecule has 1 aliphatic carbocycles. The van der Waals surface area contributed by atoms with E-state index in [9.17, 15) is 14.7 Å². The average Bonchev–Trinajstić information content (AvgIpc) is 3.47. The Balaban J connectivity index is 1.29. The molecule has 5 nitrogen and oxygen atoms in total. The summed E-state index contributed by atoms with van der Waals surface area (Å²) in [5.41, 5.74) is 7.12. The quantitative estimate of drug-likeness (QED) is 0.296. The second-order valence-corrected chi connectivity index (χ2v) is 10.1. The molecule has 0 aliphatic heterocycles. The number of aliphatic carboxylic acids is 1. The van der Waals surface area contributed by atoms with Crippen molar-refractivity contribution in [2.45, 2.75) is 33.1 Å². The van der Waals surface area contributed by atoms with Gasteiger partial charge in [0.2, 0.25) is 0 Å². The van der Waals surface area contributed by atoms with Gasteiger partial charge in [-0.25, -0.2) is 4.98 Å². The lowest BCUT2D eigenvalue weighted by Gasteiger charge is -2.14. The lowest BCUT2D eigenvalue weighted by Crippen LogP contribution is -2.25. The van der Waals surface area contributed by atoms with Crippen molar-refractivity contribution < 1.29 is 14.7 Å². The SMILES string of the molecule is Cc1cc2nc(Nc3ccc(-c4ccc(C(=O)C5CCCC5C(=O)O)cc4)cc3)sc2cc1C. The number of nitrogens with zero attached hydrogens (tertiary/aromatic N) is 1. The fourth-order valence-electron chi connectivity index (χ4n) is 4.71. The molecule has 1 aromatic heterocycles. The summed E-state index contributed by atoms with van der Waals surface area (Å²) in [7, 11) is 0. The van der Waals surface area contributed by atoms with E-state index in [1.807, 2.05) is 48.5 Å². The van der Waals surface area contributed by atoms with Crippen molar-refractivity contribution in [2.24, 2.45) is 11.8 Å². The Labute approximate surface area is 202 Å².